The van der Waals surface area contributed by atoms with Gasteiger partial charge in [-0.05, 0) is 43.2 Å². The lowest BCUT2D eigenvalue weighted by molar-refractivity contribution is 0.0998. The highest BCUT2D eigenvalue weighted by molar-refractivity contribution is 7.16. The van der Waals surface area contributed by atoms with Gasteiger partial charge in [0.1, 0.15) is 0 Å². The molecule has 0 N–H and O–H groups in total. The molecule has 4 heteroatoms. The Bertz CT molecular complexity index is 988. The van der Waals surface area contributed by atoms with Gasteiger partial charge in [0, 0.05) is 5.56 Å². The smallest absolute Gasteiger partial charge is 0.279 e. The van der Waals surface area contributed by atoms with Crippen LogP contribution in [0.3, 0.4) is 0 Å². The van der Waals surface area contributed by atoms with E-state index in [9.17, 15) is 4.79 Å². The highest BCUT2D eigenvalue weighted by atomic mass is 32.1. The standard InChI is InChI=1S/C19H16N2OS/c1-4-10-21-17-14(3)11-13(2)12-16(17)23-19(21)20-18(22)15-8-6-5-7-9-15/h1,5-9,11-12H,10H2,2-3H3. The lowest BCUT2D eigenvalue weighted by Gasteiger charge is -2.04. The van der Waals surface area contributed by atoms with E-state index in [-0.39, 0.29) is 5.91 Å². The molecule has 0 bridgehead atoms. The van der Waals surface area contributed by atoms with Gasteiger partial charge in [0.25, 0.3) is 5.91 Å². The maximum atomic E-state index is 12.4. The fraction of sp³-hybridized carbons (Fsp3) is 0.158. The largest absolute Gasteiger partial charge is 0.304 e. The zero-order valence-electron chi connectivity index (χ0n) is 13.0. The number of carbonyl (C=O) groups is 1. The first-order valence-corrected chi connectivity index (χ1v) is 8.10. The molecule has 0 aliphatic heterocycles. The third kappa shape index (κ3) is 2.96. The van der Waals surface area contributed by atoms with E-state index in [0.717, 1.165) is 15.8 Å². The SMILES string of the molecule is C#CCn1c(=NC(=O)c2ccccc2)sc2cc(C)cc(C)c21. The number of benzene rings is 2. The first-order valence-electron chi connectivity index (χ1n) is 7.28. The molecule has 0 saturated heterocycles. The molecule has 0 radical (unpaired) electrons. The van der Waals surface area contributed by atoms with Crippen LogP contribution in [0.25, 0.3) is 10.2 Å². The Morgan fingerprint density at radius 3 is 2.70 bits per heavy atom. The molecule has 0 aliphatic carbocycles. The van der Waals surface area contributed by atoms with Crippen molar-refractivity contribution in [1.29, 1.82) is 0 Å². The number of terminal acetylenes is 1. The highest BCUT2D eigenvalue weighted by Gasteiger charge is 2.11. The summed E-state index contributed by atoms with van der Waals surface area (Å²) in [7, 11) is 0. The number of nitrogens with zero attached hydrogens (tertiary/aromatic N) is 2. The van der Waals surface area contributed by atoms with Crippen molar-refractivity contribution in [3.05, 3.63) is 64.0 Å². The molecule has 1 amide bonds. The highest BCUT2D eigenvalue weighted by Crippen LogP contribution is 2.23. The molecule has 3 rings (SSSR count). The van der Waals surface area contributed by atoms with Crippen molar-refractivity contribution in [1.82, 2.24) is 4.57 Å². The fourth-order valence-corrected chi connectivity index (χ4v) is 3.85. The number of rotatable bonds is 2. The monoisotopic (exact) mass is 320 g/mol. The third-order valence-corrected chi connectivity index (χ3v) is 4.60. The zero-order chi connectivity index (χ0) is 16.4. The molecule has 0 saturated carbocycles. The minimum absolute atomic E-state index is 0.252. The predicted octanol–water partition coefficient (Wildman–Crippen LogP) is 3.69. The first kappa shape index (κ1) is 15.3. The van der Waals surface area contributed by atoms with E-state index in [1.807, 2.05) is 22.8 Å². The molecule has 1 heterocycles. The van der Waals surface area contributed by atoms with Crippen LogP contribution in [0.4, 0.5) is 0 Å². The number of thiazole rings is 1. The van der Waals surface area contributed by atoms with Gasteiger partial charge in [0.05, 0.1) is 16.8 Å². The van der Waals surface area contributed by atoms with Crippen molar-refractivity contribution < 1.29 is 4.79 Å². The first-order chi connectivity index (χ1) is 11.1. The van der Waals surface area contributed by atoms with Crippen LogP contribution in [-0.4, -0.2) is 10.5 Å². The number of hydrogen-bond donors (Lipinski definition) is 0. The van der Waals surface area contributed by atoms with Gasteiger partial charge in [-0.1, -0.05) is 41.5 Å². The van der Waals surface area contributed by atoms with Crippen LogP contribution >= 0.6 is 11.3 Å². The van der Waals surface area contributed by atoms with Gasteiger partial charge >= 0.3 is 0 Å². The molecule has 0 aliphatic rings. The molecule has 23 heavy (non-hydrogen) atoms. The van der Waals surface area contributed by atoms with Crippen LogP contribution in [-0.2, 0) is 6.54 Å². The van der Waals surface area contributed by atoms with Crippen molar-refractivity contribution in [2.24, 2.45) is 4.99 Å². The van der Waals surface area contributed by atoms with Crippen LogP contribution in [0, 0.1) is 26.2 Å². The summed E-state index contributed by atoms with van der Waals surface area (Å²) in [4.78, 5) is 17.3. The second-order valence-electron chi connectivity index (χ2n) is 5.39. The van der Waals surface area contributed by atoms with E-state index in [0.29, 0.717) is 16.9 Å². The van der Waals surface area contributed by atoms with Gasteiger partial charge in [-0.25, -0.2) is 0 Å². The molecule has 0 fully saturated rings. The van der Waals surface area contributed by atoms with Crippen LogP contribution in [0.2, 0.25) is 0 Å². The Morgan fingerprint density at radius 1 is 1.26 bits per heavy atom. The molecule has 3 nitrogen and oxygen atoms in total. The topological polar surface area (TPSA) is 34.4 Å². The Morgan fingerprint density at radius 2 is 2.00 bits per heavy atom. The summed E-state index contributed by atoms with van der Waals surface area (Å²) < 4.78 is 3.03. The fourth-order valence-electron chi connectivity index (χ4n) is 2.65. The number of aromatic nitrogens is 1. The second-order valence-corrected chi connectivity index (χ2v) is 6.40. The quantitative estimate of drug-likeness (QED) is 0.663. The Labute approximate surface area is 138 Å². The summed E-state index contributed by atoms with van der Waals surface area (Å²) in [6.07, 6.45) is 5.51. The summed E-state index contributed by atoms with van der Waals surface area (Å²) >= 11 is 1.50. The molecule has 0 unspecified atom stereocenters. The van der Waals surface area contributed by atoms with Crippen LogP contribution in [0.5, 0.6) is 0 Å². The molecular formula is C19H16N2OS. The maximum Gasteiger partial charge on any atom is 0.279 e. The molecule has 0 spiro atoms. The lowest BCUT2D eigenvalue weighted by atomic mass is 10.1. The van der Waals surface area contributed by atoms with Gasteiger partial charge < -0.3 is 4.57 Å². The van der Waals surface area contributed by atoms with Crippen molar-refractivity contribution in [2.75, 3.05) is 0 Å². The Kier molecular flexibility index (Phi) is 4.14. The maximum absolute atomic E-state index is 12.4. The minimum atomic E-state index is -0.252. The molecule has 3 aromatic rings. The predicted molar refractivity (Wildman–Crippen MR) is 94.5 cm³/mol. The van der Waals surface area contributed by atoms with Crippen molar-refractivity contribution in [3.63, 3.8) is 0 Å². The summed E-state index contributed by atoms with van der Waals surface area (Å²) in [5, 5.41) is 0. The van der Waals surface area contributed by atoms with Gasteiger partial charge in [-0.15, -0.1) is 6.42 Å². The van der Waals surface area contributed by atoms with E-state index < -0.39 is 0 Å². The van der Waals surface area contributed by atoms with Gasteiger partial charge in [0.15, 0.2) is 4.80 Å². The molecule has 0 atom stereocenters. The van der Waals surface area contributed by atoms with Gasteiger partial charge in [-0.3, -0.25) is 4.79 Å². The third-order valence-electron chi connectivity index (χ3n) is 3.58. The normalized spacial score (nSPS) is 11.6. The van der Waals surface area contributed by atoms with Crippen molar-refractivity contribution in [3.8, 4) is 12.3 Å². The van der Waals surface area contributed by atoms with Crippen LogP contribution < -0.4 is 4.80 Å². The van der Waals surface area contributed by atoms with Crippen molar-refractivity contribution >= 4 is 27.5 Å². The minimum Gasteiger partial charge on any atom is -0.304 e. The number of aryl methyl sites for hydroxylation is 2. The van der Waals surface area contributed by atoms with Gasteiger partial charge in [0.2, 0.25) is 0 Å². The number of carbonyl (C=O) groups excluding carboxylic acids is 1. The Balaban J connectivity index is 2.23. The van der Waals surface area contributed by atoms with E-state index in [4.69, 9.17) is 6.42 Å². The Hall–Kier alpha value is -2.64. The molecule has 1 aromatic heterocycles. The molecular weight excluding hydrogens is 304 g/mol. The number of amides is 1. The summed E-state index contributed by atoms with van der Waals surface area (Å²) in [5.74, 6) is 2.40. The van der Waals surface area contributed by atoms with Crippen LogP contribution in [0.1, 0.15) is 21.5 Å². The van der Waals surface area contributed by atoms with E-state index in [2.05, 4.69) is 36.9 Å². The summed E-state index contributed by atoms with van der Waals surface area (Å²) in [5.41, 5.74) is 3.95. The number of hydrogen-bond acceptors (Lipinski definition) is 2. The molecule has 2 aromatic carbocycles. The van der Waals surface area contributed by atoms with E-state index in [1.165, 1.54) is 16.9 Å². The van der Waals surface area contributed by atoms with Crippen LogP contribution in [0.15, 0.2) is 47.5 Å². The zero-order valence-corrected chi connectivity index (χ0v) is 13.9. The molecule has 114 valence electrons. The van der Waals surface area contributed by atoms with E-state index >= 15 is 0 Å². The number of fused-ring (bicyclic) bond motifs is 1. The average Bonchev–Trinajstić information content (AvgIpc) is 2.86. The van der Waals surface area contributed by atoms with Crippen molar-refractivity contribution in [2.45, 2.75) is 20.4 Å². The van der Waals surface area contributed by atoms with Gasteiger partial charge in [-0.2, -0.15) is 4.99 Å². The second kappa shape index (κ2) is 6.23. The average molecular weight is 320 g/mol. The van der Waals surface area contributed by atoms with E-state index in [1.54, 1.807) is 12.1 Å². The lowest BCUT2D eigenvalue weighted by Crippen LogP contribution is -2.16. The summed E-state index contributed by atoms with van der Waals surface area (Å²) in [6, 6.07) is 13.3. The summed E-state index contributed by atoms with van der Waals surface area (Å²) in [6.45, 7) is 4.51.